The van der Waals surface area contributed by atoms with Crippen LogP contribution >= 0.6 is 0 Å². The molecular weight excluding hydrogens is 783 g/mol. The molecule has 1 spiro atoms. The monoisotopic (exact) mass is 823 g/mol. The van der Waals surface area contributed by atoms with Gasteiger partial charge in [0.15, 0.2) is 0 Å². The van der Waals surface area contributed by atoms with Crippen molar-refractivity contribution in [3.05, 3.63) is 280 Å². The topological polar surface area (TPSA) is 4.93 Å². The van der Waals surface area contributed by atoms with Gasteiger partial charge in [0.2, 0.25) is 0 Å². The first-order valence-corrected chi connectivity index (χ1v) is 23.0. The predicted molar refractivity (Wildman–Crippen MR) is 267 cm³/mol. The summed E-state index contributed by atoms with van der Waals surface area (Å²) in [6.45, 7) is 2.48. The highest BCUT2D eigenvalue weighted by atomic mass is 15.0. The van der Waals surface area contributed by atoms with E-state index in [1.807, 2.05) is 0 Å². The Morgan fingerprint density at radius 1 is 0.354 bits per heavy atom. The van der Waals surface area contributed by atoms with E-state index >= 15 is 0 Å². The Balaban J connectivity index is 1.01. The minimum absolute atomic E-state index is 0.0153. The number of hydrogen-bond acceptors (Lipinski definition) is 0. The molecule has 0 amide bonds. The lowest BCUT2D eigenvalue weighted by Crippen LogP contribution is -2.33. The molecule has 3 atom stereocenters. The van der Waals surface area contributed by atoms with Crippen molar-refractivity contribution in [2.24, 2.45) is 0 Å². The van der Waals surface area contributed by atoms with Crippen molar-refractivity contribution in [2.45, 2.75) is 23.7 Å². The summed E-state index contributed by atoms with van der Waals surface area (Å²) in [6, 6.07) is 85.5. The Kier molecular flexibility index (Phi) is 6.87. The molecule has 2 heterocycles. The predicted octanol–water partition coefficient (Wildman–Crippen LogP) is 15.6. The van der Waals surface area contributed by atoms with Crippen molar-refractivity contribution in [3.63, 3.8) is 0 Å². The molecule has 3 aliphatic carbocycles. The fourth-order valence-electron chi connectivity index (χ4n) is 13.5. The van der Waals surface area contributed by atoms with Crippen LogP contribution in [0.2, 0.25) is 0 Å². The van der Waals surface area contributed by atoms with Gasteiger partial charge in [-0.2, -0.15) is 0 Å². The van der Waals surface area contributed by atoms with Crippen molar-refractivity contribution in [3.8, 4) is 50.2 Å². The molecule has 1 nitrogen and oxygen atoms in total. The Morgan fingerprint density at radius 2 is 0.969 bits per heavy atom. The second-order valence-corrected chi connectivity index (χ2v) is 18.8. The van der Waals surface area contributed by atoms with Crippen LogP contribution in [0.15, 0.2) is 224 Å². The van der Waals surface area contributed by atoms with Gasteiger partial charge in [0.05, 0.1) is 22.1 Å². The molecule has 10 aromatic carbocycles. The van der Waals surface area contributed by atoms with Gasteiger partial charge in [0, 0.05) is 22.1 Å². The van der Waals surface area contributed by atoms with E-state index < -0.39 is 5.41 Å². The average molecular weight is 824 g/mol. The third-order valence-corrected chi connectivity index (χ3v) is 15.9. The van der Waals surface area contributed by atoms with E-state index in [0.717, 1.165) is 0 Å². The van der Waals surface area contributed by atoms with Crippen molar-refractivity contribution >= 4 is 21.8 Å². The highest BCUT2D eigenvalue weighted by molar-refractivity contribution is 6.13. The molecule has 1 aromatic heterocycles. The molecule has 0 bridgehead atoms. The van der Waals surface area contributed by atoms with E-state index in [1.165, 1.54) is 128 Å². The van der Waals surface area contributed by atoms with E-state index in [-0.39, 0.29) is 11.3 Å². The van der Waals surface area contributed by atoms with Gasteiger partial charge in [-0.15, -0.1) is 0 Å². The van der Waals surface area contributed by atoms with E-state index in [1.54, 1.807) is 0 Å². The molecule has 3 unspecified atom stereocenters. The molecule has 1 aliphatic heterocycles. The highest BCUT2D eigenvalue weighted by Crippen LogP contribution is 2.63. The number of benzene rings is 10. The second kappa shape index (κ2) is 12.6. The molecule has 4 aliphatic rings. The Labute approximate surface area is 378 Å². The fraction of sp³-hybridized carbons (Fsp3) is 0.0625. The van der Waals surface area contributed by atoms with Crippen LogP contribution in [0.5, 0.6) is 0 Å². The maximum atomic E-state index is 2.57. The summed E-state index contributed by atoms with van der Waals surface area (Å²) in [7, 11) is 0. The Morgan fingerprint density at radius 3 is 1.85 bits per heavy atom. The van der Waals surface area contributed by atoms with Crippen LogP contribution in [0.3, 0.4) is 0 Å². The zero-order chi connectivity index (χ0) is 42.6. The van der Waals surface area contributed by atoms with Crippen molar-refractivity contribution in [1.82, 2.24) is 4.57 Å². The number of para-hydroxylation sites is 3. The number of rotatable bonds is 3. The fourth-order valence-corrected chi connectivity index (χ4v) is 13.5. The summed E-state index contributed by atoms with van der Waals surface area (Å²) in [6.07, 6.45) is 0. The zero-order valence-corrected chi connectivity index (χ0v) is 35.9. The molecule has 0 N–H and O–H groups in total. The first-order valence-electron chi connectivity index (χ1n) is 23.0. The summed E-state index contributed by atoms with van der Waals surface area (Å²) in [5.41, 5.74) is 27.1. The Bertz CT molecular complexity index is 3870. The van der Waals surface area contributed by atoms with Gasteiger partial charge in [0.25, 0.3) is 0 Å². The number of aromatic nitrogens is 1. The van der Waals surface area contributed by atoms with Crippen LogP contribution in [0.25, 0.3) is 72.0 Å². The molecule has 65 heavy (non-hydrogen) atoms. The second-order valence-electron chi connectivity index (χ2n) is 18.8. The molecule has 0 saturated heterocycles. The van der Waals surface area contributed by atoms with Gasteiger partial charge in [0.1, 0.15) is 0 Å². The molecular formula is C64H41N. The van der Waals surface area contributed by atoms with Crippen molar-refractivity contribution in [1.29, 1.82) is 0 Å². The maximum Gasteiger partial charge on any atom is 0.0754 e. The summed E-state index contributed by atoms with van der Waals surface area (Å²) < 4.78 is 2.54. The van der Waals surface area contributed by atoms with Crippen LogP contribution in [-0.4, -0.2) is 4.57 Å². The number of nitrogens with zero attached hydrogens (tertiary/aromatic N) is 1. The lowest BCUT2D eigenvalue weighted by molar-refractivity contribution is 0.658. The molecule has 0 saturated carbocycles. The van der Waals surface area contributed by atoms with Crippen molar-refractivity contribution in [2.75, 3.05) is 0 Å². The molecule has 15 rings (SSSR count). The summed E-state index contributed by atoms with van der Waals surface area (Å²) in [4.78, 5) is 0. The smallest absolute Gasteiger partial charge is 0.0754 e. The minimum Gasteiger partial charge on any atom is -0.309 e. The maximum absolute atomic E-state index is 2.57. The number of fused-ring (bicyclic) bond motifs is 17. The molecule has 1 heteroatoms. The van der Waals surface area contributed by atoms with Gasteiger partial charge in [-0.25, -0.2) is 0 Å². The van der Waals surface area contributed by atoms with Gasteiger partial charge >= 0.3 is 0 Å². The van der Waals surface area contributed by atoms with Crippen LogP contribution in [0.1, 0.15) is 68.5 Å². The lowest BCUT2D eigenvalue weighted by atomic mass is 9.61. The molecule has 11 aromatic rings. The van der Waals surface area contributed by atoms with E-state index in [9.17, 15) is 0 Å². The van der Waals surface area contributed by atoms with E-state index in [0.29, 0.717) is 0 Å². The standard InChI is InChI=1S/C64H41N/c1-63-52-27-10-7-21-44(52)48-24-15-26-50(61(48)63)60(51-37-40(34-36-53(51)63)39-17-3-2-4-18-39)47-23-6-5-19-42(47)41-33-35-45-43-20-8-11-28-54(43)64(57(45)38-41)55-29-12-14-32-59(55)65-58-31-13-9-22-46(58)49-25-16-30-56(64)62(49)65/h2-38,60H,1H3. The third kappa shape index (κ3) is 4.29. The quantitative estimate of drug-likeness (QED) is 0.167. The lowest BCUT2D eigenvalue weighted by Gasteiger charge is -2.41. The minimum atomic E-state index is -0.521. The summed E-state index contributed by atoms with van der Waals surface area (Å²) in [5.74, 6) is 0.0153. The van der Waals surface area contributed by atoms with Gasteiger partial charge < -0.3 is 4.57 Å². The molecule has 0 radical (unpaired) electrons. The van der Waals surface area contributed by atoms with Crippen LogP contribution in [0.4, 0.5) is 0 Å². The van der Waals surface area contributed by atoms with Crippen LogP contribution in [-0.2, 0) is 10.8 Å². The largest absolute Gasteiger partial charge is 0.309 e. The molecule has 302 valence electrons. The normalized spacial score (nSPS) is 18.8. The average Bonchev–Trinajstić information content (AvgIpc) is 3.97. The van der Waals surface area contributed by atoms with Gasteiger partial charge in [-0.1, -0.05) is 200 Å². The van der Waals surface area contributed by atoms with Gasteiger partial charge in [-0.05, 0) is 131 Å². The van der Waals surface area contributed by atoms with Crippen LogP contribution < -0.4 is 0 Å². The number of hydrogen-bond donors (Lipinski definition) is 0. The van der Waals surface area contributed by atoms with Gasteiger partial charge in [-0.3, -0.25) is 0 Å². The summed E-state index contributed by atoms with van der Waals surface area (Å²) >= 11 is 0. The van der Waals surface area contributed by atoms with Crippen LogP contribution in [0, 0.1) is 0 Å². The third-order valence-electron chi connectivity index (χ3n) is 15.9. The van der Waals surface area contributed by atoms with E-state index in [4.69, 9.17) is 0 Å². The SMILES string of the molecule is CC12c3ccccc3-c3cccc(c31)C(c1ccccc1-c1ccc3c(c1)C1(c4ccccc4-3)c3ccccc3-n3c4ccccc4c4cccc1c43)c1cc(-c3ccccc3)ccc12. The zero-order valence-electron chi connectivity index (χ0n) is 35.9. The Hall–Kier alpha value is -8.00. The van der Waals surface area contributed by atoms with Crippen molar-refractivity contribution < 1.29 is 0 Å². The highest BCUT2D eigenvalue weighted by Gasteiger charge is 2.52. The molecule has 0 fully saturated rings. The van der Waals surface area contributed by atoms with E-state index in [2.05, 4.69) is 236 Å². The summed E-state index contributed by atoms with van der Waals surface area (Å²) in [5, 5.41) is 2.59. The first-order chi connectivity index (χ1) is 32.2. The first kappa shape index (κ1) is 35.5.